The van der Waals surface area contributed by atoms with E-state index in [1.807, 2.05) is 12.1 Å². The van der Waals surface area contributed by atoms with Crippen molar-refractivity contribution in [3.8, 4) is 0 Å². The van der Waals surface area contributed by atoms with E-state index in [-0.39, 0.29) is 11.6 Å². The molecule has 0 atom stereocenters. The van der Waals surface area contributed by atoms with Gasteiger partial charge in [0.2, 0.25) is 0 Å². The maximum absolute atomic E-state index is 12.1. The number of anilines is 1. The first-order valence-electron chi connectivity index (χ1n) is 6.49. The molecule has 1 fully saturated rings. The number of carbonyl (C=O) groups excluding carboxylic acids is 1. The molecule has 1 aromatic carbocycles. The topological polar surface area (TPSA) is 32.3 Å². The molecule has 3 nitrogen and oxygen atoms in total. The number of carbonyl (C=O) groups is 1. The number of fused-ring (bicyclic) bond motifs is 2. The predicted molar refractivity (Wildman–Crippen MR) is 73.1 cm³/mol. The van der Waals surface area contributed by atoms with Gasteiger partial charge in [0.15, 0.2) is 0 Å². The number of rotatable bonds is 0. The molecule has 1 saturated carbocycles. The summed E-state index contributed by atoms with van der Waals surface area (Å²) < 4.78 is 0. The van der Waals surface area contributed by atoms with Crippen molar-refractivity contribution in [1.82, 2.24) is 5.32 Å². The molecule has 3 rings (SSSR count). The van der Waals surface area contributed by atoms with Crippen molar-refractivity contribution >= 4 is 23.3 Å². The van der Waals surface area contributed by atoms with Crippen molar-refractivity contribution in [1.29, 1.82) is 0 Å². The Morgan fingerprint density at radius 2 is 2.00 bits per heavy atom. The fourth-order valence-corrected chi connectivity index (χ4v) is 3.55. The Balaban J connectivity index is 2.17. The van der Waals surface area contributed by atoms with Crippen LogP contribution in [0.3, 0.4) is 0 Å². The molecule has 1 aliphatic carbocycles. The van der Waals surface area contributed by atoms with E-state index in [2.05, 4.69) is 11.4 Å². The Kier molecular flexibility index (Phi) is 2.74. The van der Waals surface area contributed by atoms with Gasteiger partial charge in [-0.25, -0.2) is 4.79 Å². The van der Waals surface area contributed by atoms with Crippen molar-refractivity contribution in [3.05, 3.63) is 28.8 Å². The predicted octanol–water partition coefficient (Wildman–Crippen LogP) is 3.66. The van der Waals surface area contributed by atoms with Crippen LogP contribution >= 0.6 is 11.6 Å². The number of nitrogens with one attached hydrogen (secondary N) is 1. The molecular weight excluding hydrogens is 248 g/mol. The third kappa shape index (κ3) is 1.61. The number of amides is 2. The summed E-state index contributed by atoms with van der Waals surface area (Å²) in [6.07, 6.45) is 5.61. The maximum Gasteiger partial charge on any atom is 0.322 e. The van der Waals surface area contributed by atoms with Crippen molar-refractivity contribution in [3.63, 3.8) is 0 Å². The van der Waals surface area contributed by atoms with Crippen LogP contribution in [-0.4, -0.2) is 13.1 Å². The normalized spacial score (nSPS) is 21.7. The van der Waals surface area contributed by atoms with Gasteiger partial charge >= 0.3 is 6.03 Å². The maximum atomic E-state index is 12.1. The second kappa shape index (κ2) is 4.16. The minimum atomic E-state index is -0.192. The molecule has 96 valence electrons. The van der Waals surface area contributed by atoms with Gasteiger partial charge in [0, 0.05) is 12.6 Å². The quantitative estimate of drug-likeness (QED) is 0.762. The minimum absolute atomic E-state index is 0.0440. The smallest absolute Gasteiger partial charge is 0.322 e. The average molecular weight is 265 g/mol. The van der Waals surface area contributed by atoms with Gasteiger partial charge in [-0.2, -0.15) is 0 Å². The zero-order valence-electron chi connectivity index (χ0n) is 10.5. The molecule has 0 bridgehead atoms. The molecule has 1 spiro atoms. The van der Waals surface area contributed by atoms with Crippen molar-refractivity contribution < 1.29 is 4.79 Å². The zero-order valence-corrected chi connectivity index (χ0v) is 11.3. The Bertz CT molecular complexity index is 495. The third-order valence-electron chi connectivity index (χ3n) is 4.20. The second-order valence-electron chi connectivity index (χ2n) is 5.27. The van der Waals surface area contributed by atoms with Gasteiger partial charge in [-0.1, -0.05) is 43.0 Å². The molecular formula is C14H17ClN2O. The number of benzene rings is 1. The number of urea groups is 1. The molecule has 0 aromatic heterocycles. The Morgan fingerprint density at radius 1 is 1.28 bits per heavy atom. The lowest BCUT2D eigenvalue weighted by molar-refractivity contribution is 0.203. The van der Waals surface area contributed by atoms with E-state index in [0.29, 0.717) is 5.02 Å². The van der Waals surface area contributed by atoms with Crippen LogP contribution in [0.2, 0.25) is 5.02 Å². The molecule has 1 aliphatic heterocycles. The fraction of sp³-hybridized carbons (Fsp3) is 0.500. The summed E-state index contributed by atoms with van der Waals surface area (Å²) >= 11 is 6.28. The van der Waals surface area contributed by atoms with E-state index in [1.54, 1.807) is 11.9 Å². The van der Waals surface area contributed by atoms with E-state index in [1.165, 1.54) is 12.0 Å². The molecule has 0 radical (unpaired) electrons. The van der Waals surface area contributed by atoms with Crippen LogP contribution in [-0.2, 0) is 5.54 Å². The number of hydrogen-bond donors (Lipinski definition) is 1. The molecule has 1 N–H and O–H groups in total. The van der Waals surface area contributed by atoms with Crippen molar-refractivity contribution in [2.24, 2.45) is 0 Å². The minimum Gasteiger partial charge on any atom is -0.328 e. The van der Waals surface area contributed by atoms with E-state index < -0.39 is 0 Å². The first kappa shape index (κ1) is 11.8. The van der Waals surface area contributed by atoms with Gasteiger partial charge in [0.05, 0.1) is 16.2 Å². The number of nitrogens with zero attached hydrogens (tertiary/aromatic N) is 1. The van der Waals surface area contributed by atoms with Crippen molar-refractivity contribution in [2.45, 2.75) is 37.6 Å². The second-order valence-corrected chi connectivity index (χ2v) is 5.68. The van der Waals surface area contributed by atoms with Crippen LogP contribution in [0.1, 0.15) is 37.7 Å². The summed E-state index contributed by atoms with van der Waals surface area (Å²) in [7, 11) is 1.77. The van der Waals surface area contributed by atoms with Crippen LogP contribution in [0.25, 0.3) is 0 Å². The van der Waals surface area contributed by atoms with Gasteiger partial charge < -0.3 is 5.32 Å². The highest BCUT2D eigenvalue weighted by Gasteiger charge is 2.42. The molecule has 18 heavy (non-hydrogen) atoms. The Hall–Kier alpha value is -1.22. The largest absolute Gasteiger partial charge is 0.328 e. The first-order valence-corrected chi connectivity index (χ1v) is 6.87. The van der Waals surface area contributed by atoms with Crippen LogP contribution in [0.5, 0.6) is 0 Å². The van der Waals surface area contributed by atoms with E-state index in [0.717, 1.165) is 31.4 Å². The Labute approximate surface area is 112 Å². The molecule has 0 unspecified atom stereocenters. The van der Waals surface area contributed by atoms with Gasteiger partial charge in [0.1, 0.15) is 0 Å². The molecule has 1 aromatic rings. The first-order chi connectivity index (χ1) is 8.64. The van der Waals surface area contributed by atoms with Gasteiger partial charge in [0.25, 0.3) is 0 Å². The SMILES string of the molecule is CN1C(=O)NC2(CCCCC2)c2cccc(Cl)c21. The lowest BCUT2D eigenvalue weighted by Crippen LogP contribution is -2.56. The average Bonchev–Trinajstić information content (AvgIpc) is 2.37. The van der Waals surface area contributed by atoms with E-state index >= 15 is 0 Å². The van der Waals surface area contributed by atoms with Crippen LogP contribution in [0.4, 0.5) is 10.5 Å². The van der Waals surface area contributed by atoms with Gasteiger partial charge in [-0.15, -0.1) is 0 Å². The molecule has 0 saturated heterocycles. The molecule has 2 aliphatic rings. The zero-order chi connectivity index (χ0) is 12.8. The summed E-state index contributed by atoms with van der Waals surface area (Å²) in [5.74, 6) is 0. The number of halogens is 1. The summed E-state index contributed by atoms with van der Waals surface area (Å²) in [5.41, 5.74) is 1.86. The van der Waals surface area contributed by atoms with Gasteiger partial charge in [-0.3, -0.25) is 4.90 Å². The molecule has 4 heteroatoms. The highest BCUT2D eigenvalue weighted by Crippen LogP contribution is 2.46. The lowest BCUT2D eigenvalue weighted by atomic mass is 9.75. The summed E-state index contributed by atoms with van der Waals surface area (Å²) in [5, 5.41) is 3.86. The van der Waals surface area contributed by atoms with Crippen molar-refractivity contribution in [2.75, 3.05) is 11.9 Å². The summed E-state index contributed by atoms with van der Waals surface area (Å²) in [6, 6.07) is 5.88. The molecule has 2 amide bonds. The van der Waals surface area contributed by atoms with E-state index in [9.17, 15) is 4.79 Å². The highest BCUT2D eigenvalue weighted by molar-refractivity contribution is 6.34. The van der Waals surface area contributed by atoms with Crippen LogP contribution in [0, 0.1) is 0 Å². The summed E-state index contributed by atoms with van der Waals surface area (Å²) in [6.45, 7) is 0. The fourth-order valence-electron chi connectivity index (χ4n) is 3.25. The monoisotopic (exact) mass is 264 g/mol. The lowest BCUT2D eigenvalue weighted by Gasteiger charge is -2.45. The number of para-hydroxylation sites is 1. The van der Waals surface area contributed by atoms with E-state index in [4.69, 9.17) is 11.6 Å². The highest BCUT2D eigenvalue weighted by atomic mass is 35.5. The van der Waals surface area contributed by atoms with Gasteiger partial charge in [-0.05, 0) is 18.9 Å². The molecule has 1 heterocycles. The standard InChI is InChI=1S/C14H17ClN2O/c1-17-12-10(6-5-7-11(12)15)14(16-13(17)18)8-3-2-4-9-14/h5-7H,2-4,8-9H2,1H3,(H,16,18). The van der Waals surface area contributed by atoms with Crippen LogP contribution in [0.15, 0.2) is 18.2 Å². The summed E-state index contributed by atoms with van der Waals surface area (Å²) in [4.78, 5) is 13.8. The number of hydrogen-bond acceptors (Lipinski definition) is 1. The van der Waals surface area contributed by atoms with Crippen LogP contribution < -0.4 is 10.2 Å². The third-order valence-corrected chi connectivity index (χ3v) is 4.50. The Morgan fingerprint density at radius 3 is 2.72 bits per heavy atom.